The molecule has 1 heterocycles. The Hall–Kier alpha value is -0.260. The Kier molecular flexibility index (Phi) is 5.08. The van der Waals surface area contributed by atoms with Gasteiger partial charge in [0.2, 0.25) is 0 Å². The lowest BCUT2D eigenvalue weighted by Gasteiger charge is -2.10. The zero-order valence-corrected chi connectivity index (χ0v) is 10.3. The van der Waals surface area contributed by atoms with Gasteiger partial charge < -0.3 is 4.74 Å². The Morgan fingerprint density at radius 1 is 1.44 bits per heavy atom. The summed E-state index contributed by atoms with van der Waals surface area (Å²) >= 11 is 7.43. The van der Waals surface area contributed by atoms with Gasteiger partial charge in [-0.15, -0.1) is 22.9 Å². The van der Waals surface area contributed by atoms with E-state index < -0.39 is 18.2 Å². The van der Waals surface area contributed by atoms with Gasteiger partial charge >= 0.3 is 6.18 Å². The maximum Gasteiger partial charge on any atom is 0.411 e. The van der Waals surface area contributed by atoms with E-state index >= 15 is 0 Å². The standard InChI is InChI=1S/C10H12ClF3OS/c1-2-7-3-4-9(16-7)8(11)5-15-6-10(12,13)14/h3-4,8H,2,5-6H2,1H3. The molecule has 0 aliphatic rings. The van der Waals surface area contributed by atoms with Crippen LogP contribution >= 0.6 is 22.9 Å². The maximum atomic E-state index is 11.8. The molecule has 0 aromatic carbocycles. The zero-order chi connectivity index (χ0) is 12.2. The summed E-state index contributed by atoms with van der Waals surface area (Å²) in [6.45, 7) is 0.645. The van der Waals surface area contributed by atoms with Crippen molar-refractivity contribution in [2.75, 3.05) is 13.2 Å². The van der Waals surface area contributed by atoms with Crippen LogP contribution in [0.15, 0.2) is 12.1 Å². The molecule has 0 aliphatic carbocycles. The summed E-state index contributed by atoms with van der Waals surface area (Å²) < 4.78 is 39.9. The van der Waals surface area contributed by atoms with Crippen LogP contribution in [-0.2, 0) is 11.2 Å². The first-order valence-electron chi connectivity index (χ1n) is 4.79. The molecule has 1 rings (SSSR count). The van der Waals surface area contributed by atoms with Crippen LogP contribution in [0.25, 0.3) is 0 Å². The van der Waals surface area contributed by atoms with Gasteiger partial charge in [0.1, 0.15) is 6.61 Å². The Bertz CT molecular complexity index is 324. The highest BCUT2D eigenvalue weighted by Crippen LogP contribution is 2.29. The highest BCUT2D eigenvalue weighted by atomic mass is 35.5. The quantitative estimate of drug-likeness (QED) is 0.731. The number of aryl methyl sites for hydroxylation is 1. The normalized spacial score (nSPS) is 14.1. The van der Waals surface area contributed by atoms with Gasteiger partial charge in [-0.2, -0.15) is 13.2 Å². The molecule has 0 N–H and O–H groups in total. The molecule has 0 saturated carbocycles. The summed E-state index contributed by atoms with van der Waals surface area (Å²) in [5.74, 6) is 0. The molecule has 16 heavy (non-hydrogen) atoms. The Labute approximate surface area is 101 Å². The second-order valence-corrected chi connectivity index (χ2v) is 4.98. The molecule has 0 spiro atoms. The lowest BCUT2D eigenvalue weighted by molar-refractivity contribution is -0.173. The second-order valence-electron chi connectivity index (χ2n) is 3.26. The minimum absolute atomic E-state index is 0.120. The average Bonchev–Trinajstić information content (AvgIpc) is 2.63. The molecule has 1 nitrogen and oxygen atoms in total. The Morgan fingerprint density at radius 2 is 2.12 bits per heavy atom. The highest BCUT2D eigenvalue weighted by Gasteiger charge is 2.28. The molecule has 1 aromatic rings. The first-order chi connectivity index (χ1) is 7.42. The first kappa shape index (κ1) is 13.8. The van der Waals surface area contributed by atoms with Gasteiger partial charge in [0, 0.05) is 9.75 Å². The number of hydrogen-bond donors (Lipinski definition) is 0. The molecular formula is C10H12ClF3OS. The lowest BCUT2D eigenvalue weighted by atomic mass is 10.3. The van der Waals surface area contributed by atoms with Gasteiger partial charge in [-0.25, -0.2) is 0 Å². The summed E-state index contributed by atoms with van der Waals surface area (Å²) in [5, 5.41) is -0.507. The van der Waals surface area contributed by atoms with Crippen molar-refractivity contribution in [3.8, 4) is 0 Å². The minimum Gasteiger partial charge on any atom is -0.370 e. The third-order valence-electron chi connectivity index (χ3n) is 1.87. The van der Waals surface area contributed by atoms with Crippen molar-refractivity contribution in [2.24, 2.45) is 0 Å². The van der Waals surface area contributed by atoms with Crippen LogP contribution < -0.4 is 0 Å². The van der Waals surface area contributed by atoms with Crippen molar-refractivity contribution in [3.05, 3.63) is 21.9 Å². The molecule has 1 atom stereocenters. The molecule has 0 saturated heterocycles. The van der Waals surface area contributed by atoms with Crippen molar-refractivity contribution < 1.29 is 17.9 Å². The lowest BCUT2D eigenvalue weighted by Crippen LogP contribution is -2.18. The fraction of sp³-hybridized carbons (Fsp3) is 0.600. The van der Waals surface area contributed by atoms with Gasteiger partial charge in [0.05, 0.1) is 12.0 Å². The largest absolute Gasteiger partial charge is 0.411 e. The SMILES string of the molecule is CCc1ccc(C(Cl)COCC(F)(F)F)s1. The van der Waals surface area contributed by atoms with E-state index in [9.17, 15) is 13.2 Å². The monoisotopic (exact) mass is 272 g/mol. The number of thiophene rings is 1. The summed E-state index contributed by atoms with van der Waals surface area (Å²) in [6, 6.07) is 3.76. The molecule has 6 heteroatoms. The van der Waals surface area contributed by atoms with Crippen molar-refractivity contribution >= 4 is 22.9 Å². The number of halogens is 4. The van der Waals surface area contributed by atoms with Gasteiger partial charge in [-0.1, -0.05) is 6.92 Å². The summed E-state index contributed by atoms with van der Waals surface area (Å²) in [5.41, 5.74) is 0. The summed E-state index contributed by atoms with van der Waals surface area (Å²) in [7, 11) is 0. The molecular weight excluding hydrogens is 261 g/mol. The van der Waals surface area contributed by atoms with E-state index in [0.717, 1.165) is 16.2 Å². The van der Waals surface area contributed by atoms with Gasteiger partial charge in [-0.05, 0) is 18.6 Å². The van der Waals surface area contributed by atoms with E-state index in [-0.39, 0.29) is 6.61 Å². The Morgan fingerprint density at radius 3 is 2.62 bits per heavy atom. The molecule has 92 valence electrons. The molecule has 1 unspecified atom stereocenters. The first-order valence-corrected chi connectivity index (χ1v) is 6.05. The predicted octanol–water partition coefficient (Wildman–Crippen LogP) is 4.17. The van der Waals surface area contributed by atoms with Gasteiger partial charge in [0.15, 0.2) is 0 Å². The van der Waals surface area contributed by atoms with Gasteiger partial charge in [0.25, 0.3) is 0 Å². The average molecular weight is 273 g/mol. The van der Waals surface area contributed by atoms with Crippen LogP contribution in [0.2, 0.25) is 0 Å². The fourth-order valence-electron chi connectivity index (χ4n) is 1.11. The van der Waals surface area contributed by atoms with Crippen LogP contribution in [0.4, 0.5) is 13.2 Å². The van der Waals surface area contributed by atoms with Crippen LogP contribution in [0.3, 0.4) is 0 Å². The van der Waals surface area contributed by atoms with E-state index in [4.69, 9.17) is 11.6 Å². The number of ether oxygens (including phenoxy) is 1. The number of alkyl halides is 4. The van der Waals surface area contributed by atoms with E-state index in [1.54, 1.807) is 0 Å². The van der Waals surface area contributed by atoms with Crippen molar-refractivity contribution in [3.63, 3.8) is 0 Å². The van der Waals surface area contributed by atoms with Crippen molar-refractivity contribution in [2.45, 2.75) is 24.9 Å². The molecule has 0 fully saturated rings. The maximum absolute atomic E-state index is 11.8. The van der Waals surface area contributed by atoms with Crippen LogP contribution in [0.1, 0.15) is 22.1 Å². The van der Waals surface area contributed by atoms with Crippen LogP contribution in [0.5, 0.6) is 0 Å². The summed E-state index contributed by atoms with van der Waals surface area (Å²) in [6.07, 6.45) is -3.39. The van der Waals surface area contributed by atoms with Crippen LogP contribution in [-0.4, -0.2) is 19.4 Å². The van der Waals surface area contributed by atoms with Gasteiger partial charge in [-0.3, -0.25) is 0 Å². The van der Waals surface area contributed by atoms with E-state index in [0.29, 0.717) is 0 Å². The third kappa shape index (κ3) is 4.72. The smallest absolute Gasteiger partial charge is 0.370 e. The Balaban J connectivity index is 2.37. The summed E-state index contributed by atoms with van der Waals surface area (Å²) in [4.78, 5) is 2.01. The van der Waals surface area contributed by atoms with Crippen molar-refractivity contribution in [1.29, 1.82) is 0 Å². The molecule has 0 amide bonds. The molecule has 1 aromatic heterocycles. The number of rotatable bonds is 5. The highest BCUT2D eigenvalue weighted by molar-refractivity contribution is 7.12. The topological polar surface area (TPSA) is 9.23 Å². The van der Waals surface area contributed by atoms with Crippen LogP contribution in [0, 0.1) is 0 Å². The second kappa shape index (κ2) is 5.89. The minimum atomic E-state index is -4.29. The fourth-order valence-corrected chi connectivity index (χ4v) is 2.32. The van der Waals surface area contributed by atoms with Crippen molar-refractivity contribution in [1.82, 2.24) is 0 Å². The predicted molar refractivity (Wildman–Crippen MR) is 59.2 cm³/mol. The molecule has 0 aliphatic heterocycles. The zero-order valence-electron chi connectivity index (χ0n) is 8.68. The third-order valence-corrected chi connectivity index (χ3v) is 3.70. The van der Waals surface area contributed by atoms with E-state index in [2.05, 4.69) is 4.74 Å². The number of hydrogen-bond acceptors (Lipinski definition) is 2. The van der Waals surface area contributed by atoms with E-state index in [1.165, 1.54) is 11.3 Å². The molecule has 0 radical (unpaired) electrons. The van der Waals surface area contributed by atoms with E-state index in [1.807, 2.05) is 19.1 Å². The molecule has 0 bridgehead atoms.